The molecular formula is C11H23NO3. The van der Waals surface area contributed by atoms with Gasteiger partial charge in [-0.2, -0.15) is 0 Å². The first-order valence-corrected chi connectivity index (χ1v) is 5.39. The van der Waals surface area contributed by atoms with Crippen molar-refractivity contribution >= 4 is 5.97 Å². The van der Waals surface area contributed by atoms with Gasteiger partial charge in [0.25, 0.3) is 0 Å². The molecule has 0 aliphatic carbocycles. The molecule has 0 aliphatic heterocycles. The third-order valence-corrected chi connectivity index (χ3v) is 2.77. The van der Waals surface area contributed by atoms with E-state index in [2.05, 4.69) is 12.2 Å². The maximum absolute atomic E-state index is 11.5. The highest BCUT2D eigenvalue weighted by Gasteiger charge is 2.32. The predicted molar refractivity (Wildman–Crippen MR) is 59.8 cm³/mol. The van der Waals surface area contributed by atoms with Crippen LogP contribution in [0.25, 0.3) is 0 Å². The highest BCUT2D eigenvalue weighted by Crippen LogP contribution is 2.12. The second-order valence-corrected chi connectivity index (χ2v) is 3.91. The van der Waals surface area contributed by atoms with Gasteiger partial charge in [0.2, 0.25) is 0 Å². The first-order chi connectivity index (χ1) is 7.00. The molecule has 0 aliphatic rings. The molecule has 2 atom stereocenters. The fraction of sp³-hybridized carbons (Fsp3) is 0.909. The second-order valence-electron chi connectivity index (χ2n) is 3.91. The van der Waals surface area contributed by atoms with Gasteiger partial charge in [0, 0.05) is 6.61 Å². The van der Waals surface area contributed by atoms with Gasteiger partial charge in [0.15, 0.2) is 0 Å². The van der Waals surface area contributed by atoms with E-state index < -0.39 is 5.54 Å². The van der Waals surface area contributed by atoms with E-state index in [0.717, 1.165) is 6.42 Å². The average Bonchev–Trinajstić information content (AvgIpc) is 2.27. The Morgan fingerprint density at radius 3 is 2.53 bits per heavy atom. The van der Waals surface area contributed by atoms with Crippen molar-refractivity contribution in [2.45, 2.75) is 45.3 Å². The normalized spacial score (nSPS) is 16.9. The Bertz CT molecular complexity index is 196. The molecule has 0 saturated heterocycles. The zero-order valence-corrected chi connectivity index (χ0v) is 10.4. The quantitative estimate of drug-likeness (QED) is 0.654. The van der Waals surface area contributed by atoms with Gasteiger partial charge < -0.3 is 14.8 Å². The minimum absolute atomic E-state index is 0.240. The first kappa shape index (κ1) is 14.4. The Kier molecular flexibility index (Phi) is 6.52. The second kappa shape index (κ2) is 6.80. The lowest BCUT2D eigenvalue weighted by molar-refractivity contribution is -0.148. The van der Waals surface area contributed by atoms with Crippen LogP contribution in [-0.4, -0.2) is 38.4 Å². The summed E-state index contributed by atoms with van der Waals surface area (Å²) in [6.07, 6.45) is 1.83. The van der Waals surface area contributed by atoms with Crippen LogP contribution < -0.4 is 5.32 Å². The van der Waals surface area contributed by atoms with E-state index in [0.29, 0.717) is 13.0 Å². The van der Waals surface area contributed by atoms with Crippen molar-refractivity contribution in [3.05, 3.63) is 0 Å². The lowest BCUT2D eigenvalue weighted by Crippen LogP contribution is -2.49. The number of likely N-dealkylation sites (N-methyl/N-ethyl adjacent to an activating group) is 1. The molecule has 0 aromatic rings. The molecule has 90 valence electrons. The lowest BCUT2D eigenvalue weighted by atomic mass is 9.99. The van der Waals surface area contributed by atoms with Crippen LogP contribution in [0.4, 0.5) is 0 Å². The summed E-state index contributed by atoms with van der Waals surface area (Å²) in [5.74, 6) is -0.252. The Morgan fingerprint density at radius 1 is 1.53 bits per heavy atom. The van der Waals surface area contributed by atoms with Crippen LogP contribution in [-0.2, 0) is 14.3 Å². The van der Waals surface area contributed by atoms with Crippen LogP contribution in [0.3, 0.4) is 0 Å². The molecule has 0 radical (unpaired) electrons. The van der Waals surface area contributed by atoms with Gasteiger partial charge in [0.1, 0.15) is 5.54 Å². The van der Waals surface area contributed by atoms with Crippen molar-refractivity contribution in [1.82, 2.24) is 5.32 Å². The van der Waals surface area contributed by atoms with Crippen molar-refractivity contribution in [3.63, 3.8) is 0 Å². The molecule has 1 N–H and O–H groups in total. The lowest BCUT2D eigenvalue weighted by Gasteiger charge is -2.26. The first-order valence-electron chi connectivity index (χ1n) is 5.39. The van der Waals surface area contributed by atoms with Crippen molar-refractivity contribution in [1.29, 1.82) is 0 Å². The molecule has 0 amide bonds. The SMILES string of the molecule is CCC(C)OCCC(C)(NC)C(=O)OC. The Hall–Kier alpha value is -0.610. The Labute approximate surface area is 92.3 Å². The van der Waals surface area contributed by atoms with E-state index in [-0.39, 0.29) is 12.1 Å². The molecule has 0 aromatic carbocycles. The van der Waals surface area contributed by atoms with Crippen molar-refractivity contribution in [2.75, 3.05) is 20.8 Å². The van der Waals surface area contributed by atoms with Crippen LogP contribution in [0.5, 0.6) is 0 Å². The van der Waals surface area contributed by atoms with E-state index in [1.807, 2.05) is 13.8 Å². The molecule has 0 spiro atoms. The number of nitrogens with one attached hydrogen (secondary N) is 1. The fourth-order valence-electron chi connectivity index (χ4n) is 1.14. The van der Waals surface area contributed by atoms with Crippen LogP contribution >= 0.6 is 0 Å². The van der Waals surface area contributed by atoms with Crippen LogP contribution in [0, 0.1) is 0 Å². The molecule has 4 nitrogen and oxygen atoms in total. The minimum atomic E-state index is -0.651. The van der Waals surface area contributed by atoms with Crippen LogP contribution in [0.1, 0.15) is 33.6 Å². The summed E-state index contributed by atoms with van der Waals surface area (Å²) >= 11 is 0. The highest BCUT2D eigenvalue weighted by molar-refractivity contribution is 5.80. The smallest absolute Gasteiger partial charge is 0.325 e. The molecule has 15 heavy (non-hydrogen) atoms. The maximum Gasteiger partial charge on any atom is 0.325 e. The van der Waals surface area contributed by atoms with Gasteiger partial charge in [0.05, 0.1) is 13.2 Å². The summed E-state index contributed by atoms with van der Waals surface area (Å²) in [7, 11) is 3.15. The Morgan fingerprint density at radius 2 is 2.13 bits per heavy atom. The van der Waals surface area contributed by atoms with Gasteiger partial charge in [-0.3, -0.25) is 4.79 Å². The molecule has 0 bridgehead atoms. The topological polar surface area (TPSA) is 47.6 Å². The summed E-state index contributed by atoms with van der Waals surface area (Å²) in [5, 5.41) is 2.97. The van der Waals surface area contributed by atoms with Crippen molar-refractivity contribution in [2.24, 2.45) is 0 Å². The highest BCUT2D eigenvalue weighted by atomic mass is 16.5. The van der Waals surface area contributed by atoms with E-state index >= 15 is 0 Å². The molecule has 2 unspecified atom stereocenters. The molecular weight excluding hydrogens is 194 g/mol. The van der Waals surface area contributed by atoms with E-state index in [1.54, 1.807) is 7.05 Å². The van der Waals surface area contributed by atoms with E-state index in [1.165, 1.54) is 7.11 Å². The standard InChI is InChI=1S/C11H23NO3/c1-6-9(2)15-8-7-11(3,12-4)10(13)14-5/h9,12H,6-8H2,1-5H3. The number of hydrogen-bond donors (Lipinski definition) is 1. The summed E-state index contributed by atoms with van der Waals surface area (Å²) in [4.78, 5) is 11.5. The van der Waals surface area contributed by atoms with E-state index in [4.69, 9.17) is 9.47 Å². The fourth-order valence-corrected chi connectivity index (χ4v) is 1.14. The van der Waals surface area contributed by atoms with Gasteiger partial charge in [-0.05, 0) is 33.7 Å². The number of carbonyl (C=O) groups excluding carboxylic acids is 1. The third kappa shape index (κ3) is 4.62. The molecule has 0 fully saturated rings. The predicted octanol–water partition coefficient (Wildman–Crippen LogP) is 1.34. The molecule has 0 rings (SSSR count). The van der Waals surface area contributed by atoms with Gasteiger partial charge in [-0.1, -0.05) is 6.92 Å². The van der Waals surface area contributed by atoms with Crippen molar-refractivity contribution in [3.8, 4) is 0 Å². The monoisotopic (exact) mass is 217 g/mol. The number of esters is 1. The number of hydrogen-bond acceptors (Lipinski definition) is 4. The van der Waals surface area contributed by atoms with Crippen molar-refractivity contribution < 1.29 is 14.3 Å². The summed E-state index contributed by atoms with van der Waals surface area (Å²) in [6, 6.07) is 0. The third-order valence-electron chi connectivity index (χ3n) is 2.77. The van der Waals surface area contributed by atoms with E-state index in [9.17, 15) is 4.79 Å². The minimum Gasteiger partial charge on any atom is -0.468 e. The maximum atomic E-state index is 11.5. The number of ether oxygens (including phenoxy) is 2. The van der Waals surface area contributed by atoms with Gasteiger partial charge >= 0.3 is 5.97 Å². The van der Waals surface area contributed by atoms with Gasteiger partial charge in [-0.15, -0.1) is 0 Å². The number of carbonyl (C=O) groups is 1. The zero-order chi connectivity index (χ0) is 11.9. The molecule has 0 saturated carbocycles. The largest absolute Gasteiger partial charge is 0.468 e. The zero-order valence-electron chi connectivity index (χ0n) is 10.4. The molecule has 0 heterocycles. The summed E-state index contributed by atoms with van der Waals surface area (Å²) in [5.41, 5.74) is -0.651. The average molecular weight is 217 g/mol. The summed E-state index contributed by atoms with van der Waals surface area (Å²) < 4.78 is 10.3. The number of methoxy groups -OCH3 is 1. The number of rotatable bonds is 7. The van der Waals surface area contributed by atoms with Crippen LogP contribution in [0.15, 0.2) is 0 Å². The summed E-state index contributed by atoms with van der Waals surface area (Å²) in [6.45, 7) is 6.47. The van der Waals surface area contributed by atoms with Crippen LogP contribution in [0.2, 0.25) is 0 Å². The molecule has 4 heteroatoms. The van der Waals surface area contributed by atoms with Gasteiger partial charge in [-0.25, -0.2) is 0 Å². The molecule has 0 aromatic heterocycles. The Balaban J connectivity index is 4.04.